The summed E-state index contributed by atoms with van der Waals surface area (Å²) in [4.78, 5) is 13.6. The van der Waals surface area contributed by atoms with Crippen molar-refractivity contribution in [3.05, 3.63) is 51.9 Å². The van der Waals surface area contributed by atoms with Gasteiger partial charge in [0.05, 0.1) is 19.8 Å². The van der Waals surface area contributed by atoms with Crippen LogP contribution in [-0.4, -0.2) is 30.5 Å². The third-order valence-corrected chi connectivity index (χ3v) is 5.66. The summed E-state index contributed by atoms with van der Waals surface area (Å²) in [5.41, 5.74) is 1.56. The van der Waals surface area contributed by atoms with E-state index in [1.165, 1.54) is 26.4 Å². The summed E-state index contributed by atoms with van der Waals surface area (Å²) in [5, 5.41) is 21.3. The van der Waals surface area contributed by atoms with E-state index in [9.17, 15) is 15.0 Å². The first-order chi connectivity index (χ1) is 14.8. The fourth-order valence-corrected chi connectivity index (χ4v) is 4.10. The lowest BCUT2D eigenvalue weighted by molar-refractivity contribution is -0.0377. The van der Waals surface area contributed by atoms with Crippen LogP contribution in [0.15, 0.2) is 39.6 Å². The van der Waals surface area contributed by atoms with E-state index in [0.717, 1.165) is 5.57 Å². The third kappa shape index (κ3) is 2.68. The molecule has 0 fully saturated rings. The Morgan fingerprint density at radius 2 is 1.84 bits per heavy atom. The fourth-order valence-electron chi connectivity index (χ4n) is 4.10. The molecule has 160 valence electrons. The first-order valence-electron chi connectivity index (χ1n) is 9.62. The SMILES string of the molecule is C=C(C)[C@H]1Cc2c(cc(O)c3c(=O)c4c(oc23)[C@@H](O)Oc2cc(OC)c(OC)cc2-4)O1. The molecule has 8 nitrogen and oxygen atoms in total. The quantitative estimate of drug-likeness (QED) is 0.616. The van der Waals surface area contributed by atoms with E-state index in [1.54, 1.807) is 6.07 Å². The molecule has 3 heterocycles. The largest absolute Gasteiger partial charge is 0.507 e. The van der Waals surface area contributed by atoms with Gasteiger partial charge in [-0.15, -0.1) is 0 Å². The third-order valence-electron chi connectivity index (χ3n) is 5.66. The maximum atomic E-state index is 13.6. The average molecular weight is 424 g/mol. The average Bonchev–Trinajstić information content (AvgIpc) is 3.17. The molecule has 8 heteroatoms. The van der Waals surface area contributed by atoms with Gasteiger partial charge in [-0.1, -0.05) is 6.58 Å². The summed E-state index contributed by atoms with van der Waals surface area (Å²) in [5.74, 6) is 1.09. The van der Waals surface area contributed by atoms with Gasteiger partial charge in [0.2, 0.25) is 5.43 Å². The molecule has 5 rings (SSSR count). The molecule has 2 aliphatic heterocycles. The highest BCUT2D eigenvalue weighted by atomic mass is 16.6. The molecule has 2 atom stereocenters. The van der Waals surface area contributed by atoms with Gasteiger partial charge in [-0.05, 0) is 18.6 Å². The van der Waals surface area contributed by atoms with Crippen LogP contribution in [0.4, 0.5) is 0 Å². The van der Waals surface area contributed by atoms with Crippen LogP contribution in [0.2, 0.25) is 0 Å². The molecular weight excluding hydrogens is 404 g/mol. The summed E-state index contributed by atoms with van der Waals surface area (Å²) in [6, 6.07) is 4.51. The van der Waals surface area contributed by atoms with Crippen molar-refractivity contribution in [3.8, 4) is 39.9 Å². The van der Waals surface area contributed by atoms with Gasteiger partial charge < -0.3 is 33.6 Å². The molecule has 2 N–H and O–H groups in total. The smallest absolute Gasteiger partial charge is 0.257 e. The fraction of sp³-hybridized carbons (Fsp3) is 0.261. The zero-order valence-corrected chi connectivity index (χ0v) is 17.1. The van der Waals surface area contributed by atoms with Crippen molar-refractivity contribution in [1.82, 2.24) is 0 Å². The molecule has 2 aromatic carbocycles. The Morgan fingerprint density at radius 1 is 1.13 bits per heavy atom. The number of ether oxygens (including phenoxy) is 4. The zero-order chi connectivity index (χ0) is 22.0. The molecule has 0 saturated heterocycles. The highest BCUT2D eigenvalue weighted by Gasteiger charge is 2.35. The number of phenolic OH excluding ortho intramolecular Hbond substituents is 1. The van der Waals surface area contributed by atoms with Crippen LogP contribution in [0.25, 0.3) is 22.1 Å². The molecule has 31 heavy (non-hydrogen) atoms. The lowest BCUT2D eigenvalue weighted by Gasteiger charge is -2.25. The van der Waals surface area contributed by atoms with E-state index in [1.807, 2.05) is 6.92 Å². The number of benzene rings is 2. The standard InChI is InChI=1S/C23H20O8/c1-9(2)13-6-11-14(29-13)7-12(24)19-20(25)18-10-5-16(27-3)17(28-4)8-15(10)30-23(26)22(18)31-21(11)19/h5,7-8,13,23-24,26H,1,6H2,2-4H3/t13-,23+/m1/s1. The van der Waals surface area contributed by atoms with Crippen molar-refractivity contribution >= 4 is 11.0 Å². The van der Waals surface area contributed by atoms with Gasteiger partial charge in [-0.25, -0.2) is 0 Å². The summed E-state index contributed by atoms with van der Waals surface area (Å²) < 4.78 is 28.0. The number of rotatable bonds is 3. The number of aliphatic hydroxyl groups is 1. The highest BCUT2D eigenvalue weighted by Crippen LogP contribution is 2.48. The Balaban J connectivity index is 1.82. The predicted molar refractivity (Wildman–Crippen MR) is 111 cm³/mol. The minimum Gasteiger partial charge on any atom is -0.507 e. The molecule has 2 aliphatic rings. The number of aromatic hydroxyl groups is 1. The monoisotopic (exact) mass is 424 g/mol. The number of methoxy groups -OCH3 is 2. The van der Waals surface area contributed by atoms with Gasteiger partial charge in [0.15, 0.2) is 17.3 Å². The van der Waals surface area contributed by atoms with Gasteiger partial charge in [-0.3, -0.25) is 4.79 Å². The number of aliphatic hydroxyl groups excluding tert-OH is 1. The van der Waals surface area contributed by atoms with E-state index >= 15 is 0 Å². The molecule has 0 radical (unpaired) electrons. The van der Waals surface area contributed by atoms with Crippen LogP contribution in [0.3, 0.4) is 0 Å². The van der Waals surface area contributed by atoms with Crippen molar-refractivity contribution in [1.29, 1.82) is 0 Å². The lowest BCUT2D eigenvalue weighted by Crippen LogP contribution is -2.20. The van der Waals surface area contributed by atoms with Crippen LogP contribution >= 0.6 is 0 Å². The Morgan fingerprint density at radius 3 is 2.52 bits per heavy atom. The minimum atomic E-state index is -1.52. The van der Waals surface area contributed by atoms with Crippen LogP contribution < -0.4 is 24.4 Å². The number of hydrogen-bond donors (Lipinski definition) is 2. The van der Waals surface area contributed by atoms with Gasteiger partial charge in [0.1, 0.15) is 34.3 Å². The number of phenols is 1. The second kappa shape index (κ2) is 6.68. The van der Waals surface area contributed by atoms with Gasteiger partial charge in [0, 0.05) is 29.7 Å². The Hall–Kier alpha value is -3.65. The summed E-state index contributed by atoms with van der Waals surface area (Å²) in [7, 11) is 2.94. The molecule has 3 aromatic rings. The van der Waals surface area contributed by atoms with Crippen molar-refractivity contribution in [2.45, 2.75) is 25.7 Å². The van der Waals surface area contributed by atoms with E-state index in [2.05, 4.69) is 6.58 Å². The number of fused-ring (bicyclic) bond motifs is 6. The molecule has 0 saturated carbocycles. The first-order valence-corrected chi connectivity index (χ1v) is 9.62. The van der Waals surface area contributed by atoms with E-state index in [-0.39, 0.29) is 39.9 Å². The van der Waals surface area contributed by atoms with Gasteiger partial charge in [0.25, 0.3) is 6.29 Å². The van der Waals surface area contributed by atoms with Crippen molar-refractivity contribution in [2.75, 3.05) is 14.2 Å². The van der Waals surface area contributed by atoms with E-state index in [4.69, 9.17) is 23.4 Å². The molecule has 0 unspecified atom stereocenters. The molecule has 0 aliphatic carbocycles. The minimum absolute atomic E-state index is 0.0123. The number of hydrogen-bond acceptors (Lipinski definition) is 8. The van der Waals surface area contributed by atoms with Crippen molar-refractivity contribution < 1.29 is 33.6 Å². The van der Waals surface area contributed by atoms with Crippen LogP contribution in [0.1, 0.15) is 24.5 Å². The second-order valence-electron chi connectivity index (χ2n) is 7.58. The van der Waals surface area contributed by atoms with Crippen LogP contribution in [0, 0.1) is 0 Å². The molecule has 0 spiro atoms. The lowest BCUT2D eigenvalue weighted by atomic mass is 9.96. The maximum Gasteiger partial charge on any atom is 0.257 e. The second-order valence-corrected chi connectivity index (χ2v) is 7.58. The Labute approximate surface area is 176 Å². The van der Waals surface area contributed by atoms with Crippen molar-refractivity contribution in [3.63, 3.8) is 0 Å². The highest BCUT2D eigenvalue weighted by molar-refractivity contribution is 5.93. The summed E-state index contributed by atoms with van der Waals surface area (Å²) in [6.07, 6.45) is -1.38. The summed E-state index contributed by atoms with van der Waals surface area (Å²) in [6.45, 7) is 5.76. The molecular formula is C23H20O8. The summed E-state index contributed by atoms with van der Waals surface area (Å²) >= 11 is 0. The predicted octanol–water partition coefficient (Wildman–Crippen LogP) is 3.45. The van der Waals surface area contributed by atoms with Crippen LogP contribution in [0.5, 0.6) is 28.7 Å². The zero-order valence-electron chi connectivity index (χ0n) is 17.1. The molecule has 0 amide bonds. The Kier molecular flexibility index (Phi) is 4.16. The topological polar surface area (TPSA) is 108 Å². The Bertz CT molecular complexity index is 1320. The van der Waals surface area contributed by atoms with Gasteiger partial charge in [-0.2, -0.15) is 0 Å². The van der Waals surface area contributed by atoms with E-state index in [0.29, 0.717) is 34.8 Å². The molecule has 1 aromatic heterocycles. The van der Waals surface area contributed by atoms with Crippen LogP contribution in [-0.2, 0) is 6.42 Å². The van der Waals surface area contributed by atoms with Crippen molar-refractivity contribution in [2.24, 2.45) is 0 Å². The molecule has 0 bridgehead atoms. The maximum absolute atomic E-state index is 13.6. The van der Waals surface area contributed by atoms with Gasteiger partial charge >= 0.3 is 0 Å². The normalized spacial score (nSPS) is 18.5. The van der Waals surface area contributed by atoms with E-state index < -0.39 is 11.7 Å². The first kappa shape index (κ1) is 19.3.